The fourth-order valence-electron chi connectivity index (χ4n) is 1.77. The molecule has 2 rings (SSSR count). The molecule has 1 nitrogen and oxygen atoms in total. The average Bonchev–Trinajstić information content (AvgIpc) is 2.35. The summed E-state index contributed by atoms with van der Waals surface area (Å²) in [6.07, 6.45) is -0.0258. The average molecular weight is 246 g/mol. The first-order valence-corrected chi connectivity index (χ1v) is 5.65. The van der Waals surface area contributed by atoms with Gasteiger partial charge in [0.1, 0.15) is 17.4 Å². The van der Waals surface area contributed by atoms with Gasteiger partial charge in [0.2, 0.25) is 0 Å². The van der Waals surface area contributed by atoms with Crippen molar-refractivity contribution in [2.45, 2.75) is 12.8 Å². The number of hydrogen-bond donors (Lipinski definition) is 0. The summed E-state index contributed by atoms with van der Waals surface area (Å²) in [7, 11) is 0. The van der Waals surface area contributed by atoms with Crippen LogP contribution < -0.4 is 0 Å². The van der Waals surface area contributed by atoms with Crippen LogP contribution in [0.25, 0.3) is 0 Å². The Bertz CT molecular complexity index is 514. The standard InChI is InChI=1S/C15H12F2O/c16-14-7-3-1-5-11(14)9-13(18)10-12-6-2-4-8-15(12)17/h1-8H,9-10H2. The number of Topliss-reactive ketones (excluding diaryl/α,β-unsaturated/α-hetero) is 1. The molecule has 18 heavy (non-hydrogen) atoms. The number of carbonyl (C=O) groups is 1. The Kier molecular flexibility index (Phi) is 3.82. The van der Waals surface area contributed by atoms with Gasteiger partial charge in [-0.1, -0.05) is 36.4 Å². The largest absolute Gasteiger partial charge is 0.299 e. The normalized spacial score (nSPS) is 10.3. The van der Waals surface area contributed by atoms with Gasteiger partial charge in [-0.3, -0.25) is 4.79 Å². The molecule has 0 radical (unpaired) electrons. The van der Waals surface area contributed by atoms with Gasteiger partial charge in [-0.15, -0.1) is 0 Å². The van der Waals surface area contributed by atoms with Crippen molar-refractivity contribution < 1.29 is 13.6 Å². The van der Waals surface area contributed by atoms with Gasteiger partial charge >= 0.3 is 0 Å². The molecule has 0 aliphatic heterocycles. The molecule has 0 aliphatic rings. The zero-order valence-electron chi connectivity index (χ0n) is 9.70. The summed E-state index contributed by atoms with van der Waals surface area (Å²) in [5.74, 6) is -1.01. The molecule has 0 unspecified atom stereocenters. The molecular formula is C15H12F2O. The van der Waals surface area contributed by atoms with Gasteiger partial charge in [0, 0.05) is 12.8 Å². The molecule has 0 aromatic heterocycles. The third kappa shape index (κ3) is 3.00. The number of halogens is 2. The lowest BCUT2D eigenvalue weighted by molar-refractivity contribution is -0.117. The summed E-state index contributed by atoms with van der Waals surface area (Å²) in [4.78, 5) is 11.8. The monoisotopic (exact) mass is 246 g/mol. The van der Waals surface area contributed by atoms with E-state index in [1.807, 2.05) is 0 Å². The molecule has 0 bridgehead atoms. The van der Waals surface area contributed by atoms with Gasteiger partial charge in [-0.05, 0) is 23.3 Å². The Hall–Kier alpha value is -2.03. The number of carbonyl (C=O) groups excluding carboxylic acids is 1. The van der Waals surface area contributed by atoms with E-state index in [0.29, 0.717) is 11.1 Å². The molecule has 2 aromatic carbocycles. The Labute approximate surface area is 104 Å². The van der Waals surface area contributed by atoms with Crippen molar-refractivity contribution >= 4 is 5.78 Å². The highest BCUT2D eigenvalue weighted by atomic mass is 19.1. The van der Waals surface area contributed by atoms with Gasteiger partial charge in [-0.2, -0.15) is 0 Å². The highest BCUT2D eigenvalue weighted by molar-refractivity contribution is 5.83. The van der Waals surface area contributed by atoms with Crippen LogP contribution in [-0.4, -0.2) is 5.78 Å². The Morgan fingerprint density at radius 2 is 1.17 bits per heavy atom. The smallest absolute Gasteiger partial charge is 0.141 e. The summed E-state index contributed by atoms with van der Waals surface area (Å²) in [5, 5.41) is 0. The predicted molar refractivity (Wildman–Crippen MR) is 65.2 cm³/mol. The van der Waals surface area contributed by atoms with E-state index in [9.17, 15) is 13.6 Å². The zero-order chi connectivity index (χ0) is 13.0. The Morgan fingerprint density at radius 1 is 0.778 bits per heavy atom. The highest BCUT2D eigenvalue weighted by Crippen LogP contribution is 2.11. The quantitative estimate of drug-likeness (QED) is 0.808. The van der Waals surface area contributed by atoms with Crippen molar-refractivity contribution in [3.8, 4) is 0 Å². The maximum atomic E-state index is 13.3. The van der Waals surface area contributed by atoms with E-state index in [4.69, 9.17) is 0 Å². The fourth-order valence-corrected chi connectivity index (χ4v) is 1.77. The summed E-state index contributed by atoms with van der Waals surface area (Å²) >= 11 is 0. The summed E-state index contributed by atoms with van der Waals surface area (Å²) in [5.41, 5.74) is 0.692. The maximum Gasteiger partial charge on any atom is 0.141 e. The van der Waals surface area contributed by atoms with Crippen LogP contribution in [0, 0.1) is 11.6 Å². The summed E-state index contributed by atoms with van der Waals surface area (Å²) < 4.78 is 26.7. The lowest BCUT2D eigenvalue weighted by Crippen LogP contribution is -2.09. The Balaban J connectivity index is 2.06. The molecule has 0 fully saturated rings. The van der Waals surface area contributed by atoms with E-state index < -0.39 is 11.6 Å². The SMILES string of the molecule is O=C(Cc1ccccc1F)Cc1ccccc1F. The first-order valence-electron chi connectivity index (χ1n) is 5.65. The molecule has 0 N–H and O–H groups in total. The third-order valence-electron chi connectivity index (χ3n) is 2.69. The van der Waals surface area contributed by atoms with Gasteiger partial charge in [0.05, 0.1) is 0 Å². The molecule has 0 saturated carbocycles. The minimum atomic E-state index is -0.403. The zero-order valence-corrected chi connectivity index (χ0v) is 9.70. The molecule has 0 saturated heterocycles. The van der Waals surface area contributed by atoms with Crippen LogP contribution in [-0.2, 0) is 17.6 Å². The highest BCUT2D eigenvalue weighted by Gasteiger charge is 2.10. The van der Waals surface area contributed by atoms with Crippen molar-refractivity contribution in [1.82, 2.24) is 0 Å². The molecule has 0 spiro atoms. The molecule has 0 heterocycles. The van der Waals surface area contributed by atoms with E-state index >= 15 is 0 Å². The minimum absolute atomic E-state index is 0.0129. The van der Waals surface area contributed by atoms with Crippen LogP contribution >= 0.6 is 0 Å². The second-order valence-corrected chi connectivity index (χ2v) is 4.08. The van der Waals surface area contributed by atoms with Crippen molar-refractivity contribution in [2.75, 3.05) is 0 Å². The second kappa shape index (κ2) is 5.54. The molecule has 2 aromatic rings. The van der Waals surface area contributed by atoms with Crippen LogP contribution in [0.1, 0.15) is 11.1 Å². The van der Waals surface area contributed by atoms with Crippen LogP contribution in [0.3, 0.4) is 0 Å². The molecule has 0 aliphatic carbocycles. The first-order chi connectivity index (χ1) is 8.66. The van der Waals surface area contributed by atoms with Gasteiger partial charge in [-0.25, -0.2) is 8.78 Å². The van der Waals surface area contributed by atoms with Gasteiger partial charge in [0.15, 0.2) is 0 Å². The second-order valence-electron chi connectivity index (χ2n) is 4.08. The number of benzene rings is 2. The molecule has 3 heteroatoms. The van der Waals surface area contributed by atoms with Gasteiger partial charge < -0.3 is 0 Å². The van der Waals surface area contributed by atoms with Crippen molar-refractivity contribution in [3.63, 3.8) is 0 Å². The topological polar surface area (TPSA) is 17.1 Å². The van der Waals surface area contributed by atoms with E-state index in [1.54, 1.807) is 36.4 Å². The number of ketones is 1. The molecule has 92 valence electrons. The van der Waals surface area contributed by atoms with Crippen molar-refractivity contribution in [3.05, 3.63) is 71.3 Å². The first kappa shape index (κ1) is 12.4. The summed E-state index contributed by atoms with van der Waals surface area (Å²) in [6, 6.07) is 12.2. The molecular weight excluding hydrogens is 234 g/mol. The van der Waals surface area contributed by atoms with E-state index in [2.05, 4.69) is 0 Å². The number of rotatable bonds is 4. The van der Waals surface area contributed by atoms with Gasteiger partial charge in [0.25, 0.3) is 0 Å². The lowest BCUT2D eigenvalue weighted by atomic mass is 10.0. The van der Waals surface area contributed by atoms with E-state index in [-0.39, 0.29) is 18.6 Å². The van der Waals surface area contributed by atoms with Crippen molar-refractivity contribution in [1.29, 1.82) is 0 Å². The predicted octanol–water partition coefficient (Wildman–Crippen LogP) is 3.32. The van der Waals surface area contributed by atoms with Crippen LogP contribution in [0.4, 0.5) is 8.78 Å². The fraction of sp³-hybridized carbons (Fsp3) is 0.133. The lowest BCUT2D eigenvalue weighted by Gasteiger charge is -2.04. The van der Waals surface area contributed by atoms with Crippen LogP contribution in [0.15, 0.2) is 48.5 Å². The minimum Gasteiger partial charge on any atom is -0.299 e. The Morgan fingerprint density at radius 3 is 1.56 bits per heavy atom. The molecule has 0 amide bonds. The van der Waals surface area contributed by atoms with E-state index in [1.165, 1.54) is 12.1 Å². The number of hydrogen-bond acceptors (Lipinski definition) is 1. The van der Waals surface area contributed by atoms with Crippen LogP contribution in [0.5, 0.6) is 0 Å². The maximum absolute atomic E-state index is 13.3. The third-order valence-corrected chi connectivity index (χ3v) is 2.69. The van der Waals surface area contributed by atoms with Crippen LogP contribution in [0.2, 0.25) is 0 Å². The molecule has 0 atom stereocenters. The summed E-state index contributed by atoms with van der Waals surface area (Å²) in [6.45, 7) is 0. The van der Waals surface area contributed by atoms with Crippen molar-refractivity contribution in [2.24, 2.45) is 0 Å². The van der Waals surface area contributed by atoms with E-state index in [0.717, 1.165) is 0 Å².